The summed E-state index contributed by atoms with van der Waals surface area (Å²) >= 11 is 1.30. The van der Waals surface area contributed by atoms with Crippen molar-refractivity contribution in [1.82, 2.24) is 4.90 Å². The first-order valence-corrected chi connectivity index (χ1v) is 10.7. The number of hydrogen-bond donors (Lipinski definition) is 2. The number of methoxy groups -OCH3 is 1. The summed E-state index contributed by atoms with van der Waals surface area (Å²) in [7, 11) is 1.59. The molecule has 0 fully saturated rings. The molecular formula is C22H27N2O4S+. The van der Waals surface area contributed by atoms with Crippen LogP contribution in [0.25, 0.3) is 0 Å². The third-order valence-electron chi connectivity index (χ3n) is 5.43. The zero-order valence-electron chi connectivity index (χ0n) is 17.0. The number of aliphatic hydroxyl groups excluding tert-OH is 1. The third-order valence-corrected chi connectivity index (χ3v) is 6.30. The highest BCUT2D eigenvalue weighted by molar-refractivity contribution is 7.12. The number of hydrogen-bond acceptors (Lipinski definition) is 5. The highest BCUT2D eigenvalue weighted by Crippen LogP contribution is 2.39. The maximum Gasteiger partial charge on any atom is 0.290 e. The summed E-state index contributed by atoms with van der Waals surface area (Å²) in [5, 5.41) is 12.5. The van der Waals surface area contributed by atoms with E-state index in [2.05, 4.69) is 13.8 Å². The van der Waals surface area contributed by atoms with Gasteiger partial charge in [-0.25, -0.2) is 0 Å². The molecule has 1 aliphatic rings. The van der Waals surface area contributed by atoms with Gasteiger partial charge in [-0.3, -0.25) is 9.59 Å². The first kappa shape index (κ1) is 21.1. The maximum atomic E-state index is 13.2. The van der Waals surface area contributed by atoms with Crippen LogP contribution in [0.15, 0.2) is 53.1 Å². The Labute approximate surface area is 175 Å². The molecule has 1 amide bonds. The lowest BCUT2D eigenvalue weighted by molar-refractivity contribution is -0.895. The summed E-state index contributed by atoms with van der Waals surface area (Å²) < 4.78 is 5.23. The normalized spacial score (nSPS) is 16.8. The summed E-state index contributed by atoms with van der Waals surface area (Å²) in [6.07, 6.45) is 0. The number of nitrogens with zero attached hydrogens (tertiary/aromatic N) is 1. The van der Waals surface area contributed by atoms with Gasteiger partial charge in [-0.05, 0) is 43.0 Å². The summed E-state index contributed by atoms with van der Waals surface area (Å²) in [5.74, 6) is -0.544. The van der Waals surface area contributed by atoms with Gasteiger partial charge in [0.25, 0.3) is 5.91 Å². The molecule has 6 nitrogen and oxygen atoms in total. The molecule has 0 saturated heterocycles. The van der Waals surface area contributed by atoms with E-state index in [9.17, 15) is 14.7 Å². The molecule has 1 aromatic carbocycles. The fourth-order valence-electron chi connectivity index (χ4n) is 3.67. The molecule has 3 rings (SSSR count). The molecular weight excluding hydrogens is 388 g/mol. The second-order valence-electron chi connectivity index (χ2n) is 6.95. The van der Waals surface area contributed by atoms with Crippen LogP contribution in [-0.4, -0.2) is 55.0 Å². The van der Waals surface area contributed by atoms with Crippen LogP contribution in [0.5, 0.6) is 5.75 Å². The van der Waals surface area contributed by atoms with Crippen molar-refractivity contribution in [3.8, 4) is 5.75 Å². The zero-order chi connectivity index (χ0) is 21.0. The van der Waals surface area contributed by atoms with Crippen LogP contribution in [0.1, 0.15) is 35.1 Å². The molecule has 29 heavy (non-hydrogen) atoms. The fraction of sp³-hybridized carbons (Fsp3) is 0.364. The number of likely N-dealkylation sites (N-methyl/N-ethyl adjacent to an activating group) is 1. The highest BCUT2D eigenvalue weighted by atomic mass is 32.1. The van der Waals surface area contributed by atoms with Gasteiger partial charge in [0.15, 0.2) is 5.76 Å². The van der Waals surface area contributed by atoms with E-state index in [4.69, 9.17) is 4.74 Å². The number of quaternary nitrogens is 1. The molecule has 7 heteroatoms. The van der Waals surface area contributed by atoms with Gasteiger partial charge in [0.05, 0.1) is 49.8 Å². The Morgan fingerprint density at radius 2 is 1.90 bits per heavy atom. The van der Waals surface area contributed by atoms with Gasteiger partial charge in [-0.2, -0.15) is 0 Å². The lowest BCUT2D eigenvalue weighted by atomic mass is 9.95. The number of amides is 1. The second-order valence-corrected chi connectivity index (χ2v) is 7.90. The number of benzene rings is 1. The van der Waals surface area contributed by atoms with Crippen molar-refractivity contribution in [1.29, 1.82) is 0 Å². The van der Waals surface area contributed by atoms with E-state index in [0.29, 0.717) is 17.2 Å². The molecule has 0 unspecified atom stereocenters. The number of Topliss-reactive ketones (excluding diaryl/α,β-unsaturated/α-hetero) is 1. The predicted molar refractivity (Wildman–Crippen MR) is 113 cm³/mol. The summed E-state index contributed by atoms with van der Waals surface area (Å²) in [5.41, 5.74) is 0.926. The molecule has 2 heterocycles. The molecule has 1 aromatic heterocycles. The Balaban J connectivity index is 1.99. The zero-order valence-corrected chi connectivity index (χ0v) is 17.8. The van der Waals surface area contributed by atoms with E-state index in [1.807, 2.05) is 17.5 Å². The predicted octanol–water partition coefficient (Wildman–Crippen LogP) is 2.26. The lowest BCUT2D eigenvalue weighted by Gasteiger charge is -2.28. The van der Waals surface area contributed by atoms with Crippen molar-refractivity contribution in [3.63, 3.8) is 0 Å². The van der Waals surface area contributed by atoms with Crippen LogP contribution in [0, 0.1) is 0 Å². The first-order valence-electron chi connectivity index (χ1n) is 9.81. The van der Waals surface area contributed by atoms with Crippen LogP contribution in [-0.2, 0) is 4.79 Å². The maximum absolute atomic E-state index is 13.2. The van der Waals surface area contributed by atoms with Gasteiger partial charge in [0, 0.05) is 0 Å². The number of rotatable bonds is 9. The number of ketones is 1. The van der Waals surface area contributed by atoms with Crippen molar-refractivity contribution in [2.45, 2.75) is 19.9 Å². The molecule has 1 aliphatic heterocycles. The number of nitrogens with one attached hydrogen (secondary N) is 1. The smallest absolute Gasteiger partial charge is 0.290 e. The lowest BCUT2D eigenvalue weighted by Crippen LogP contribution is -3.12. The molecule has 2 aromatic rings. The minimum absolute atomic E-state index is 0.150. The summed E-state index contributed by atoms with van der Waals surface area (Å²) in [6, 6.07) is 10.2. The number of carbonyl (C=O) groups excluding carboxylic acids is 2. The van der Waals surface area contributed by atoms with Crippen molar-refractivity contribution in [2.24, 2.45) is 0 Å². The molecule has 0 bridgehead atoms. The fourth-order valence-corrected chi connectivity index (χ4v) is 4.35. The van der Waals surface area contributed by atoms with Crippen molar-refractivity contribution in [2.75, 3.05) is 33.3 Å². The van der Waals surface area contributed by atoms with Gasteiger partial charge in [0.2, 0.25) is 5.78 Å². The monoisotopic (exact) mass is 415 g/mol. The van der Waals surface area contributed by atoms with Crippen LogP contribution in [0.4, 0.5) is 0 Å². The molecule has 0 radical (unpaired) electrons. The van der Waals surface area contributed by atoms with Crippen molar-refractivity contribution < 1.29 is 24.3 Å². The van der Waals surface area contributed by atoms with E-state index in [1.165, 1.54) is 16.2 Å². The Bertz CT molecular complexity index is 886. The van der Waals surface area contributed by atoms with Gasteiger partial charge in [-0.1, -0.05) is 18.2 Å². The van der Waals surface area contributed by atoms with Crippen LogP contribution in [0.2, 0.25) is 0 Å². The van der Waals surface area contributed by atoms with Gasteiger partial charge >= 0.3 is 0 Å². The highest BCUT2D eigenvalue weighted by Gasteiger charge is 2.44. The topological polar surface area (TPSA) is 71.3 Å². The average Bonchev–Trinajstić information content (AvgIpc) is 3.37. The van der Waals surface area contributed by atoms with Gasteiger partial charge in [-0.15, -0.1) is 11.3 Å². The van der Waals surface area contributed by atoms with E-state index in [0.717, 1.165) is 25.2 Å². The quantitative estimate of drug-likeness (QED) is 0.617. The Morgan fingerprint density at radius 1 is 1.21 bits per heavy atom. The van der Waals surface area contributed by atoms with Crippen LogP contribution >= 0.6 is 11.3 Å². The van der Waals surface area contributed by atoms with Crippen LogP contribution < -0.4 is 9.64 Å². The van der Waals surface area contributed by atoms with E-state index in [1.54, 1.807) is 36.3 Å². The van der Waals surface area contributed by atoms with E-state index in [-0.39, 0.29) is 11.4 Å². The van der Waals surface area contributed by atoms with Crippen molar-refractivity contribution in [3.05, 3.63) is 63.6 Å². The summed E-state index contributed by atoms with van der Waals surface area (Å²) in [6.45, 7) is 7.31. The minimum atomic E-state index is -0.613. The van der Waals surface area contributed by atoms with E-state index < -0.39 is 17.7 Å². The average molecular weight is 416 g/mol. The number of aliphatic hydroxyl groups is 1. The molecule has 0 aliphatic carbocycles. The first-order chi connectivity index (χ1) is 14.0. The Morgan fingerprint density at radius 3 is 2.45 bits per heavy atom. The second kappa shape index (κ2) is 9.24. The molecule has 1 atom stereocenters. The summed E-state index contributed by atoms with van der Waals surface area (Å²) in [4.78, 5) is 29.5. The SMILES string of the molecule is CC[NH+](CC)CCN1C(=O)C(O)=C(C(=O)c2cccs2)[C@@H]1c1ccc(OC)cc1. The Hall–Kier alpha value is -2.64. The number of ether oxygens (including phenoxy) is 1. The minimum Gasteiger partial charge on any atom is -0.503 e. The van der Waals surface area contributed by atoms with Gasteiger partial charge in [0.1, 0.15) is 5.75 Å². The van der Waals surface area contributed by atoms with Gasteiger partial charge < -0.3 is 19.6 Å². The number of thiophene rings is 1. The van der Waals surface area contributed by atoms with Crippen LogP contribution in [0.3, 0.4) is 0 Å². The Kier molecular flexibility index (Phi) is 6.71. The molecule has 2 N–H and O–H groups in total. The van der Waals surface area contributed by atoms with Crippen molar-refractivity contribution >= 4 is 23.0 Å². The molecule has 154 valence electrons. The molecule has 0 saturated carbocycles. The largest absolute Gasteiger partial charge is 0.503 e. The number of carbonyl (C=O) groups is 2. The standard InChI is InChI=1S/C22H26N2O4S/c1-4-23(5-2)12-13-24-19(15-8-10-16(28-3)11-9-15)18(21(26)22(24)27)20(25)17-7-6-14-29-17/h6-11,14,19,26H,4-5,12-13H2,1-3H3/p+1/t19-/m0/s1. The molecule has 0 spiro atoms. The van der Waals surface area contributed by atoms with E-state index >= 15 is 0 Å². The third kappa shape index (κ3) is 4.21.